The molecule has 1 atom stereocenters. The van der Waals surface area contributed by atoms with E-state index in [0.29, 0.717) is 18.7 Å². The topological polar surface area (TPSA) is 107 Å². The highest BCUT2D eigenvalue weighted by molar-refractivity contribution is 7.93. The summed E-state index contributed by atoms with van der Waals surface area (Å²) in [5.74, 6) is -1.37. The number of amides is 1. The number of nitrogens with two attached hydrogens (primary N) is 1. The van der Waals surface area contributed by atoms with Crippen molar-refractivity contribution < 1.29 is 22.7 Å². The van der Waals surface area contributed by atoms with Crippen LogP contribution < -0.4 is 10.0 Å². The summed E-state index contributed by atoms with van der Waals surface area (Å²) in [6, 6.07) is 6.09. The van der Waals surface area contributed by atoms with E-state index >= 15 is 0 Å². The zero-order chi connectivity index (χ0) is 15.6. The Morgan fingerprint density at radius 2 is 2.10 bits per heavy atom. The zero-order valence-corrected chi connectivity index (χ0v) is 12.3. The Morgan fingerprint density at radius 3 is 2.67 bits per heavy atom. The van der Waals surface area contributed by atoms with Gasteiger partial charge in [-0.3, -0.25) is 9.10 Å². The maximum absolute atomic E-state index is 11.9. The zero-order valence-electron chi connectivity index (χ0n) is 11.5. The summed E-state index contributed by atoms with van der Waals surface area (Å²) in [6.45, 7) is 1.76. The van der Waals surface area contributed by atoms with Gasteiger partial charge >= 0.3 is 5.97 Å². The molecule has 21 heavy (non-hydrogen) atoms. The second kappa shape index (κ2) is 5.72. The van der Waals surface area contributed by atoms with E-state index in [9.17, 15) is 18.0 Å². The first-order valence-electron chi connectivity index (χ1n) is 6.42. The molecule has 1 unspecified atom stereocenters. The minimum absolute atomic E-state index is 0.0976. The van der Waals surface area contributed by atoms with Gasteiger partial charge in [-0.1, -0.05) is 6.07 Å². The van der Waals surface area contributed by atoms with Crippen LogP contribution in [0.4, 0.5) is 5.69 Å². The number of anilines is 1. The predicted octanol–water partition coefficient (Wildman–Crippen LogP) is 0.257. The molecule has 1 aromatic carbocycles. The Labute approximate surface area is 122 Å². The summed E-state index contributed by atoms with van der Waals surface area (Å²) in [5, 5.41) is 0. The molecule has 0 aromatic heterocycles. The van der Waals surface area contributed by atoms with E-state index in [1.165, 1.54) is 23.4 Å². The lowest BCUT2D eigenvalue weighted by atomic mass is 10.2. The molecule has 1 fully saturated rings. The van der Waals surface area contributed by atoms with E-state index in [1.54, 1.807) is 12.1 Å². The molecule has 0 spiro atoms. The molecule has 7 nitrogen and oxygen atoms in total. The average molecular weight is 312 g/mol. The van der Waals surface area contributed by atoms with E-state index < -0.39 is 28.0 Å². The first-order valence-corrected chi connectivity index (χ1v) is 8.03. The monoisotopic (exact) mass is 312 g/mol. The van der Waals surface area contributed by atoms with Gasteiger partial charge in [-0.2, -0.15) is 0 Å². The number of hydrogen-bond acceptors (Lipinski definition) is 5. The van der Waals surface area contributed by atoms with Crippen molar-refractivity contribution in [3.05, 3.63) is 29.8 Å². The lowest BCUT2D eigenvalue weighted by Gasteiger charge is -2.17. The molecule has 1 aromatic rings. The van der Waals surface area contributed by atoms with Gasteiger partial charge in [-0.25, -0.2) is 13.2 Å². The highest BCUT2D eigenvalue weighted by atomic mass is 32.2. The number of sulfonamides is 1. The maximum atomic E-state index is 11.9. The molecule has 1 amide bonds. The Morgan fingerprint density at radius 1 is 1.38 bits per heavy atom. The summed E-state index contributed by atoms with van der Waals surface area (Å²) in [6.07, 6.45) is -0.493. The molecule has 114 valence electrons. The van der Waals surface area contributed by atoms with Crippen LogP contribution in [0.5, 0.6) is 0 Å². The number of nitrogens with zero attached hydrogens (tertiary/aromatic N) is 1. The number of ether oxygens (including phenoxy) is 1. The lowest BCUT2D eigenvalue weighted by Crippen LogP contribution is -2.30. The van der Waals surface area contributed by atoms with Crippen molar-refractivity contribution >= 4 is 27.6 Å². The van der Waals surface area contributed by atoms with Crippen LogP contribution in [0.25, 0.3) is 0 Å². The van der Waals surface area contributed by atoms with Crippen LogP contribution in [0.15, 0.2) is 24.3 Å². The molecule has 2 N–H and O–H groups in total. The molecule has 1 aliphatic rings. The number of carbonyl (C=O) groups excluding carboxylic acids is 2. The van der Waals surface area contributed by atoms with E-state index in [-0.39, 0.29) is 11.3 Å². The first-order chi connectivity index (χ1) is 9.81. The van der Waals surface area contributed by atoms with Gasteiger partial charge in [-0.15, -0.1) is 0 Å². The summed E-state index contributed by atoms with van der Waals surface area (Å²) in [4.78, 5) is 22.8. The summed E-state index contributed by atoms with van der Waals surface area (Å²) < 4.78 is 29.9. The highest BCUT2D eigenvalue weighted by Gasteiger charge is 2.29. The van der Waals surface area contributed by atoms with E-state index in [4.69, 9.17) is 10.5 Å². The number of benzene rings is 1. The molecule has 8 heteroatoms. The van der Waals surface area contributed by atoms with Crippen molar-refractivity contribution in [1.29, 1.82) is 0 Å². The summed E-state index contributed by atoms with van der Waals surface area (Å²) >= 11 is 0. The molecule has 1 heterocycles. The fraction of sp³-hybridized carbons (Fsp3) is 0.385. The van der Waals surface area contributed by atoms with Crippen molar-refractivity contribution in [3.63, 3.8) is 0 Å². The maximum Gasteiger partial charge on any atom is 0.338 e. The summed E-state index contributed by atoms with van der Waals surface area (Å²) in [5.41, 5.74) is 5.60. The van der Waals surface area contributed by atoms with Crippen LogP contribution in [-0.2, 0) is 19.6 Å². The van der Waals surface area contributed by atoms with E-state index in [1.807, 2.05) is 0 Å². The Balaban J connectivity index is 2.22. The first kappa shape index (κ1) is 15.3. The highest BCUT2D eigenvalue weighted by Crippen LogP contribution is 2.25. The fourth-order valence-electron chi connectivity index (χ4n) is 2.00. The van der Waals surface area contributed by atoms with Crippen molar-refractivity contribution in [2.75, 3.05) is 16.6 Å². The third kappa shape index (κ3) is 3.33. The standard InChI is InChI=1S/C13H16N2O5S/c1-9(12(14)16)20-13(17)10-4-2-5-11(8-10)15-6-3-7-21(15,18)19/h2,4-5,8-9H,3,6-7H2,1H3,(H2,14,16). The largest absolute Gasteiger partial charge is 0.449 e. The molecule has 0 aliphatic carbocycles. The van der Waals surface area contributed by atoms with Crippen LogP contribution in [-0.4, -0.2) is 38.7 Å². The third-order valence-corrected chi connectivity index (χ3v) is 5.02. The third-order valence-electron chi connectivity index (χ3n) is 3.15. The Bertz CT molecular complexity index is 671. The minimum atomic E-state index is -3.31. The number of rotatable bonds is 4. The van der Waals surface area contributed by atoms with Crippen molar-refractivity contribution in [3.8, 4) is 0 Å². The van der Waals surface area contributed by atoms with Gasteiger partial charge in [0.15, 0.2) is 6.10 Å². The van der Waals surface area contributed by atoms with Crippen LogP contribution in [0.3, 0.4) is 0 Å². The fourth-order valence-corrected chi connectivity index (χ4v) is 3.56. The van der Waals surface area contributed by atoms with E-state index in [0.717, 1.165) is 0 Å². The average Bonchev–Trinajstić information content (AvgIpc) is 2.78. The van der Waals surface area contributed by atoms with Crippen LogP contribution in [0.1, 0.15) is 23.7 Å². The molecule has 2 rings (SSSR count). The van der Waals surface area contributed by atoms with Gasteiger partial charge in [-0.05, 0) is 31.5 Å². The molecular weight excluding hydrogens is 296 g/mol. The Hall–Kier alpha value is -2.09. The number of hydrogen-bond donors (Lipinski definition) is 1. The van der Waals surface area contributed by atoms with Crippen LogP contribution >= 0.6 is 0 Å². The molecule has 0 saturated carbocycles. The number of esters is 1. The minimum Gasteiger partial charge on any atom is -0.449 e. The van der Waals surface area contributed by atoms with Gasteiger partial charge < -0.3 is 10.5 Å². The predicted molar refractivity (Wildman–Crippen MR) is 76.3 cm³/mol. The van der Waals surface area contributed by atoms with Gasteiger partial charge in [0.2, 0.25) is 10.0 Å². The second-order valence-corrected chi connectivity index (χ2v) is 6.75. The number of carbonyl (C=O) groups is 2. The molecule has 1 aliphatic heterocycles. The lowest BCUT2D eigenvalue weighted by molar-refractivity contribution is -0.125. The normalized spacial score (nSPS) is 18.2. The second-order valence-electron chi connectivity index (χ2n) is 4.74. The van der Waals surface area contributed by atoms with Crippen LogP contribution in [0, 0.1) is 0 Å². The van der Waals surface area contributed by atoms with Crippen molar-refractivity contribution in [1.82, 2.24) is 0 Å². The van der Waals surface area contributed by atoms with Crippen molar-refractivity contribution in [2.45, 2.75) is 19.4 Å². The quantitative estimate of drug-likeness (QED) is 0.802. The smallest absolute Gasteiger partial charge is 0.338 e. The molecule has 1 saturated heterocycles. The van der Waals surface area contributed by atoms with Gasteiger partial charge in [0.25, 0.3) is 5.91 Å². The summed E-state index contributed by atoms with van der Waals surface area (Å²) in [7, 11) is -3.31. The molecule has 0 bridgehead atoms. The molecular formula is C13H16N2O5S. The van der Waals surface area contributed by atoms with Gasteiger partial charge in [0.05, 0.1) is 17.0 Å². The SMILES string of the molecule is CC(OC(=O)c1cccc(N2CCCS2(=O)=O)c1)C(N)=O. The van der Waals surface area contributed by atoms with Gasteiger partial charge in [0, 0.05) is 6.54 Å². The van der Waals surface area contributed by atoms with Crippen molar-refractivity contribution in [2.24, 2.45) is 5.73 Å². The van der Waals surface area contributed by atoms with Gasteiger partial charge in [0.1, 0.15) is 0 Å². The number of primary amides is 1. The molecule has 0 radical (unpaired) electrons. The van der Waals surface area contributed by atoms with Crippen LogP contribution in [0.2, 0.25) is 0 Å². The Kier molecular flexibility index (Phi) is 4.17. The van der Waals surface area contributed by atoms with E-state index in [2.05, 4.69) is 0 Å².